The molecular weight excluding hydrogens is 260 g/mol. The molecule has 1 N–H and O–H groups in total. The SMILES string of the molecule is CCSc1ccc(-c2noc(CCCCO)n2)cc1. The summed E-state index contributed by atoms with van der Waals surface area (Å²) in [5.74, 6) is 2.33. The molecule has 0 bridgehead atoms. The van der Waals surface area contributed by atoms with E-state index in [1.54, 1.807) is 0 Å². The quantitative estimate of drug-likeness (QED) is 0.622. The summed E-state index contributed by atoms with van der Waals surface area (Å²) in [5.41, 5.74) is 0.970. The number of aliphatic hydroxyl groups is 1. The Morgan fingerprint density at radius 1 is 1.21 bits per heavy atom. The lowest BCUT2D eigenvalue weighted by atomic mass is 10.2. The summed E-state index contributed by atoms with van der Waals surface area (Å²) >= 11 is 1.81. The minimum absolute atomic E-state index is 0.206. The van der Waals surface area contributed by atoms with Crippen molar-refractivity contribution in [3.05, 3.63) is 30.2 Å². The Morgan fingerprint density at radius 2 is 2.00 bits per heavy atom. The summed E-state index contributed by atoms with van der Waals surface area (Å²) in [6.45, 7) is 2.34. The second-order valence-corrected chi connectivity index (χ2v) is 5.49. The van der Waals surface area contributed by atoms with Gasteiger partial charge in [0, 0.05) is 23.5 Å². The third-order valence-electron chi connectivity index (χ3n) is 2.69. The monoisotopic (exact) mass is 278 g/mol. The topological polar surface area (TPSA) is 59.2 Å². The van der Waals surface area contributed by atoms with Gasteiger partial charge in [0.2, 0.25) is 11.7 Å². The first kappa shape index (κ1) is 14.1. The highest BCUT2D eigenvalue weighted by molar-refractivity contribution is 7.99. The van der Waals surface area contributed by atoms with Crippen molar-refractivity contribution in [2.75, 3.05) is 12.4 Å². The Labute approximate surface area is 117 Å². The molecule has 0 radical (unpaired) electrons. The summed E-state index contributed by atoms with van der Waals surface area (Å²) in [6.07, 6.45) is 2.35. The molecule has 0 aliphatic carbocycles. The Morgan fingerprint density at radius 3 is 2.68 bits per heavy atom. The Balaban J connectivity index is 2.01. The predicted molar refractivity (Wildman–Crippen MR) is 76.2 cm³/mol. The van der Waals surface area contributed by atoms with E-state index < -0.39 is 0 Å². The molecule has 0 aliphatic heterocycles. The standard InChI is InChI=1S/C14H18N2O2S/c1-2-19-12-8-6-11(7-9-12)14-15-13(18-16-14)5-3-4-10-17/h6-9,17H,2-5,10H2,1H3. The van der Waals surface area contributed by atoms with E-state index >= 15 is 0 Å². The summed E-state index contributed by atoms with van der Waals surface area (Å²) in [6, 6.07) is 8.18. The van der Waals surface area contributed by atoms with Crippen LogP contribution in [-0.4, -0.2) is 27.6 Å². The summed E-state index contributed by atoms with van der Waals surface area (Å²) in [4.78, 5) is 5.61. The van der Waals surface area contributed by atoms with Gasteiger partial charge in [-0.25, -0.2) is 0 Å². The predicted octanol–water partition coefficient (Wildman–Crippen LogP) is 3.16. The molecule has 0 aliphatic rings. The van der Waals surface area contributed by atoms with Crippen molar-refractivity contribution in [3.8, 4) is 11.4 Å². The number of aliphatic hydroxyl groups excluding tert-OH is 1. The van der Waals surface area contributed by atoms with E-state index in [1.165, 1.54) is 4.90 Å². The third-order valence-corrected chi connectivity index (χ3v) is 3.58. The van der Waals surface area contributed by atoms with Crippen molar-refractivity contribution in [1.82, 2.24) is 10.1 Å². The second-order valence-electron chi connectivity index (χ2n) is 4.15. The molecule has 0 amide bonds. The zero-order valence-corrected chi connectivity index (χ0v) is 11.8. The van der Waals surface area contributed by atoms with Crippen LogP contribution in [0, 0.1) is 0 Å². The molecule has 1 heterocycles. The number of benzene rings is 1. The highest BCUT2D eigenvalue weighted by atomic mass is 32.2. The van der Waals surface area contributed by atoms with Gasteiger partial charge in [0.05, 0.1) is 0 Å². The van der Waals surface area contributed by atoms with Crippen LogP contribution in [0.4, 0.5) is 0 Å². The first-order valence-electron chi connectivity index (χ1n) is 6.50. The lowest BCUT2D eigenvalue weighted by Crippen LogP contribution is -1.89. The molecule has 0 spiro atoms. The zero-order valence-electron chi connectivity index (χ0n) is 11.0. The molecule has 2 aromatic rings. The second kappa shape index (κ2) is 7.31. The van der Waals surface area contributed by atoms with E-state index in [0.717, 1.165) is 30.6 Å². The molecule has 0 unspecified atom stereocenters. The third kappa shape index (κ3) is 4.08. The summed E-state index contributed by atoms with van der Waals surface area (Å²) in [5, 5.41) is 12.7. The molecule has 0 saturated heterocycles. The fourth-order valence-corrected chi connectivity index (χ4v) is 2.39. The van der Waals surface area contributed by atoms with Crippen LogP contribution >= 0.6 is 11.8 Å². The van der Waals surface area contributed by atoms with Gasteiger partial charge in [0.25, 0.3) is 0 Å². The fraction of sp³-hybridized carbons (Fsp3) is 0.429. The Hall–Kier alpha value is -1.33. The number of rotatable bonds is 7. The van der Waals surface area contributed by atoms with Crippen LogP contribution in [0.15, 0.2) is 33.7 Å². The molecule has 0 fully saturated rings. The largest absolute Gasteiger partial charge is 0.396 e. The molecule has 2 rings (SSSR count). The molecular formula is C14H18N2O2S. The minimum atomic E-state index is 0.206. The highest BCUT2D eigenvalue weighted by Crippen LogP contribution is 2.22. The van der Waals surface area contributed by atoms with E-state index in [4.69, 9.17) is 9.63 Å². The number of nitrogens with zero attached hydrogens (tertiary/aromatic N) is 2. The van der Waals surface area contributed by atoms with Crippen molar-refractivity contribution in [1.29, 1.82) is 0 Å². The molecule has 1 aromatic heterocycles. The number of hydrogen-bond acceptors (Lipinski definition) is 5. The van der Waals surface area contributed by atoms with Gasteiger partial charge < -0.3 is 9.63 Å². The maximum Gasteiger partial charge on any atom is 0.226 e. The van der Waals surface area contributed by atoms with Gasteiger partial charge in [-0.15, -0.1) is 11.8 Å². The van der Waals surface area contributed by atoms with Crippen LogP contribution in [0.2, 0.25) is 0 Å². The van der Waals surface area contributed by atoms with Crippen LogP contribution in [-0.2, 0) is 6.42 Å². The van der Waals surface area contributed by atoms with Gasteiger partial charge >= 0.3 is 0 Å². The summed E-state index contributed by atoms with van der Waals surface area (Å²) < 4.78 is 5.20. The number of hydrogen-bond donors (Lipinski definition) is 1. The maximum absolute atomic E-state index is 8.73. The van der Waals surface area contributed by atoms with Gasteiger partial charge in [-0.3, -0.25) is 0 Å². The van der Waals surface area contributed by atoms with Crippen molar-refractivity contribution in [3.63, 3.8) is 0 Å². The Bertz CT molecular complexity index is 496. The highest BCUT2D eigenvalue weighted by Gasteiger charge is 2.08. The average Bonchev–Trinajstić information content (AvgIpc) is 2.89. The van der Waals surface area contributed by atoms with E-state index in [2.05, 4.69) is 29.2 Å². The molecule has 0 saturated carbocycles. The fourth-order valence-electron chi connectivity index (χ4n) is 1.73. The lowest BCUT2D eigenvalue weighted by Gasteiger charge is -1.98. The van der Waals surface area contributed by atoms with Crippen molar-refractivity contribution < 1.29 is 9.63 Å². The van der Waals surface area contributed by atoms with E-state index in [-0.39, 0.29) is 6.61 Å². The molecule has 102 valence electrons. The first-order valence-corrected chi connectivity index (χ1v) is 7.48. The van der Waals surface area contributed by atoms with Crippen molar-refractivity contribution in [2.24, 2.45) is 0 Å². The Kier molecular flexibility index (Phi) is 5.42. The van der Waals surface area contributed by atoms with Gasteiger partial charge in [-0.05, 0) is 42.9 Å². The van der Waals surface area contributed by atoms with Crippen molar-refractivity contribution >= 4 is 11.8 Å². The molecule has 19 heavy (non-hydrogen) atoms. The zero-order chi connectivity index (χ0) is 13.5. The molecule has 0 atom stereocenters. The molecule has 5 heteroatoms. The normalized spacial score (nSPS) is 10.8. The maximum atomic E-state index is 8.73. The molecule has 4 nitrogen and oxygen atoms in total. The summed E-state index contributed by atoms with van der Waals surface area (Å²) in [7, 11) is 0. The van der Waals surface area contributed by atoms with Crippen LogP contribution in [0.25, 0.3) is 11.4 Å². The lowest BCUT2D eigenvalue weighted by molar-refractivity contribution is 0.281. The number of aromatic nitrogens is 2. The number of aryl methyl sites for hydroxylation is 1. The van der Waals surface area contributed by atoms with Crippen LogP contribution in [0.3, 0.4) is 0 Å². The van der Waals surface area contributed by atoms with Gasteiger partial charge in [0.15, 0.2) is 0 Å². The van der Waals surface area contributed by atoms with Gasteiger partial charge in [0.1, 0.15) is 0 Å². The number of unbranched alkanes of at least 4 members (excludes halogenated alkanes) is 1. The molecule has 1 aromatic carbocycles. The van der Waals surface area contributed by atoms with Crippen LogP contribution < -0.4 is 0 Å². The van der Waals surface area contributed by atoms with Gasteiger partial charge in [-0.2, -0.15) is 4.98 Å². The average molecular weight is 278 g/mol. The van der Waals surface area contributed by atoms with E-state index in [1.807, 2.05) is 23.9 Å². The van der Waals surface area contributed by atoms with E-state index in [9.17, 15) is 0 Å². The van der Waals surface area contributed by atoms with Gasteiger partial charge in [-0.1, -0.05) is 12.1 Å². The van der Waals surface area contributed by atoms with Crippen molar-refractivity contribution in [2.45, 2.75) is 31.1 Å². The number of thioether (sulfide) groups is 1. The smallest absolute Gasteiger partial charge is 0.226 e. The first-order chi connectivity index (χ1) is 9.33. The van der Waals surface area contributed by atoms with E-state index in [0.29, 0.717) is 11.7 Å². The van der Waals surface area contributed by atoms with Crippen LogP contribution in [0.5, 0.6) is 0 Å². The van der Waals surface area contributed by atoms with Crippen LogP contribution in [0.1, 0.15) is 25.7 Å². The minimum Gasteiger partial charge on any atom is -0.396 e.